The lowest BCUT2D eigenvalue weighted by molar-refractivity contribution is 0.138. The summed E-state index contributed by atoms with van der Waals surface area (Å²) in [6, 6.07) is 0.604. The summed E-state index contributed by atoms with van der Waals surface area (Å²) in [5.41, 5.74) is 0. The molecule has 0 aliphatic heterocycles. The first-order valence-corrected chi connectivity index (χ1v) is 7.99. The zero-order valence-corrected chi connectivity index (χ0v) is 12.7. The van der Waals surface area contributed by atoms with Gasteiger partial charge in [0.15, 0.2) is 5.96 Å². The first-order valence-electron chi connectivity index (χ1n) is 7.99. The molecule has 1 aliphatic carbocycles. The third-order valence-electron chi connectivity index (χ3n) is 3.44. The summed E-state index contributed by atoms with van der Waals surface area (Å²) in [6.45, 7) is 7.52. The molecule has 0 aromatic heterocycles. The van der Waals surface area contributed by atoms with Gasteiger partial charge in [-0.1, -0.05) is 32.6 Å². The van der Waals surface area contributed by atoms with Gasteiger partial charge in [0.2, 0.25) is 0 Å². The van der Waals surface area contributed by atoms with E-state index in [0.717, 1.165) is 38.7 Å². The number of hydrogen-bond donors (Lipinski definition) is 2. The first-order chi connectivity index (χ1) is 9.36. The average Bonchev–Trinajstić information content (AvgIpc) is 2.44. The van der Waals surface area contributed by atoms with Crippen LogP contribution in [0, 0.1) is 0 Å². The van der Waals surface area contributed by atoms with Crippen molar-refractivity contribution in [3.05, 3.63) is 0 Å². The van der Waals surface area contributed by atoms with E-state index in [1.165, 1.54) is 38.5 Å². The first kappa shape index (κ1) is 16.3. The van der Waals surface area contributed by atoms with Crippen molar-refractivity contribution in [1.29, 1.82) is 0 Å². The van der Waals surface area contributed by atoms with Crippen LogP contribution in [-0.4, -0.2) is 38.3 Å². The molecule has 1 saturated carbocycles. The Kier molecular flexibility index (Phi) is 9.51. The second kappa shape index (κ2) is 11.1. The molecule has 2 N–H and O–H groups in total. The van der Waals surface area contributed by atoms with Gasteiger partial charge in [-0.2, -0.15) is 0 Å². The summed E-state index contributed by atoms with van der Waals surface area (Å²) >= 11 is 0. The number of aliphatic imine (C=N–C) groups is 1. The Morgan fingerprint density at radius 1 is 1.16 bits per heavy atom. The maximum atomic E-state index is 5.53. The number of nitrogens with zero attached hydrogens (tertiary/aromatic N) is 1. The van der Waals surface area contributed by atoms with Crippen LogP contribution in [0.15, 0.2) is 4.99 Å². The molecule has 0 bridgehead atoms. The minimum atomic E-state index is 0.604. The highest BCUT2D eigenvalue weighted by atomic mass is 16.5. The summed E-state index contributed by atoms with van der Waals surface area (Å²) in [7, 11) is 0. The number of rotatable bonds is 8. The Morgan fingerprint density at radius 3 is 2.63 bits per heavy atom. The van der Waals surface area contributed by atoms with E-state index < -0.39 is 0 Å². The molecule has 0 atom stereocenters. The minimum absolute atomic E-state index is 0.604. The number of ether oxygens (including phenoxy) is 1. The molecule has 0 saturated heterocycles. The molecule has 1 rings (SSSR count). The van der Waals surface area contributed by atoms with Crippen molar-refractivity contribution >= 4 is 5.96 Å². The normalized spacial score (nSPS) is 17.5. The lowest BCUT2D eigenvalue weighted by Crippen LogP contribution is -2.44. The molecule has 0 unspecified atom stereocenters. The van der Waals surface area contributed by atoms with Crippen LogP contribution in [0.1, 0.15) is 58.8 Å². The molecule has 0 radical (unpaired) electrons. The van der Waals surface area contributed by atoms with E-state index >= 15 is 0 Å². The quantitative estimate of drug-likeness (QED) is 0.404. The Morgan fingerprint density at radius 2 is 1.95 bits per heavy atom. The van der Waals surface area contributed by atoms with Gasteiger partial charge in [-0.05, 0) is 26.2 Å². The standard InChI is InChI=1S/C15H31N3O/c1-3-5-12-19-13-11-17-15(16-4-2)18-14-9-7-6-8-10-14/h14H,3-13H2,1-2H3,(H2,16,17,18). The Balaban J connectivity index is 2.21. The summed E-state index contributed by atoms with van der Waals surface area (Å²) in [5, 5.41) is 6.86. The number of nitrogens with one attached hydrogen (secondary N) is 2. The van der Waals surface area contributed by atoms with Crippen LogP contribution >= 0.6 is 0 Å². The van der Waals surface area contributed by atoms with Gasteiger partial charge in [-0.3, -0.25) is 4.99 Å². The maximum Gasteiger partial charge on any atom is 0.191 e. The predicted molar refractivity (Wildman–Crippen MR) is 81.7 cm³/mol. The largest absolute Gasteiger partial charge is 0.380 e. The fourth-order valence-electron chi connectivity index (χ4n) is 2.33. The van der Waals surface area contributed by atoms with Crippen molar-refractivity contribution in [2.75, 3.05) is 26.3 Å². The lowest BCUT2D eigenvalue weighted by atomic mass is 9.96. The molecule has 0 aromatic rings. The minimum Gasteiger partial charge on any atom is -0.380 e. The van der Waals surface area contributed by atoms with Crippen LogP contribution in [0.25, 0.3) is 0 Å². The smallest absolute Gasteiger partial charge is 0.191 e. The van der Waals surface area contributed by atoms with Crippen LogP contribution in [0.4, 0.5) is 0 Å². The SMILES string of the molecule is CCCCOCCN=C(NCC)NC1CCCCC1. The van der Waals surface area contributed by atoms with E-state index in [9.17, 15) is 0 Å². The Labute approximate surface area is 118 Å². The third kappa shape index (κ3) is 8.09. The van der Waals surface area contributed by atoms with Crippen molar-refractivity contribution in [1.82, 2.24) is 10.6 Å². The second-order valence-electron chi connectivity index (χ2n) is 5.21. The van der Waals surface area contributed by atoms with E-state index in [0.29, 0.717) is 6.04 Å². The second-order valence-corrected chi connectivity index (χ2v) is 5.21. The molecule has 0 heterocycles. The predicted octanol–water partition coefficient (Wildman–Crippen LogP) is 2.69. The Bertz CT molecular complexity index is 238. The molecular weight excluding hydrogens is 238 g/mol. The van der Waals surface area contributed by atoms with Gasteiger partial charge in [0.1, 0.15) is 0 Å². The molecule has 0 aromatic carbocycles. The third-order valence-corrected chi connectivity index (χ3v) is 3.44. The van der Waals surface area contributed by atoms with Gasteiger partial charge in [0.05, 0.1) is 13.2 Å². The topological polar surface area (TPSA) is 45.6 Å². The van der Waals surface area contributed by atoms with E-state index in [1.54, 1.807) is 0 Å². The van der Waals surface area contributed by atoms with Crippen LogP contribution in [0.5, 0.6) is 0 Å². The molecule has 1 fully saturated rings. The fraction of sp³-hybridized carbons (Fsp3) is 0.933. The van der Waals surface area contributed by atoms with E-state index in [1.807, 2.05) is 0 Å². The van der Waals surface area contributed by atoms with Gasteiger partial charge < -0.3 is 15.4 Å². The van der Waals surface area contributed by atoms with Gasteiger partial charge >= 0.3 is 0 Å². The van der Waals surface area contributed by atoms with E-state index in [4.69, 9.17) is 4.74 Å². The van der Waals surface area contributed by atoms with E-state index in [2.05, 4.69) is 29.5 Å². The van der Waals surface area contributed by atoms with Crippen molar-refractivity contribution in [3.8, 4) is 0 Å². The summed E-state index contributed by atoms with van der Waals surface area (Å²) in [4.78, 5) is 4.57. The summed E-state index contributed by atoms with van der Waals surface area (Å²) in [5.74, 6) is 0.952. The summed E-state index contributed by atoms with van der Waals surface area (Å²) < 4.78 is 5.53. The number of guanidine groups is 1. The molecule has 19 heavy (non-hydrogen) atoms. The molecule has 4 nitrogen and oxygen atoms in total. The molecular formula is C15H31N3O. The molecule has 0 amide bonds. The van der Waals surface area contributed by atoms with E-state index in [-0.39, 0.29) is 0 Å². The average molecular weight is 269 g/mol. The number of hydrogen-bond acceptors (Lipinski definition) is 2. The summed E-state index contributed by atoms with van der Waals surface area (Å²) in [6.07, 6.45) is 8.96. The zero-order valence-electron chi connectivity index (χ0n) is 12.7. The van der Waals surface area contributed by atoms with Crippen molar-refractivity contribution in [3.63, 3.8) is 0 Å². The van der Waals surface area contributed by atoms with Crippen molar-refractivity contribution in [2.45, 2.75) is 64.8 Å². The zero-order chi connectivity index (χ0) is 13.8. The van der Waals surface area contributed by atoms with Crippen LogP contribution in [-0.2, 0) is 4.74 Å². The maximum absolute atomic E-state index is 5.53. The molecule has 4 heteroatoms. The highest BCUT2D eigenvalue weighted by Crippen LogP contribution is 2.17. The highest BCUT2D eigenvalue weighted by molar-refractivity contribution is 5.80. The van der Waals surface area contributed by atoms with Crippen LogP contribution < -0.4 is 10.6 Å². The van der Waals surface area contributed by atoms with Gasteiger partial charge in [-0.25, -0.2) is 0 Å². The monoisotopic (exact) mass is 269 g/mol. The molecule has 1 aliphatic rings. The molecule has 112 valence electrons. The lowest BCUT2D eigenvalue weighted by Gasteiger charge is -2.24. The van der Waals surface area contributed by atoms with Gasteiger partial charge in [-0.15, -0.1) is 0 Å². The number of unbranched alkanes of at least 4 members (excludes halogenated alkanes) is 1. The van der Waals surface area contributed by atoms with Gasteiger partial charge in [0, 0.05) is 19.2 Å². The van der Waals surface area contributed by atoms with Gasteiger partial charge in [0.25, 0.3) is 0 Å². The highest BCUT2D eigenvalue weighted by Gasteiger charge is 2.14. The fourth-order valence-corrected chi connectivity index (χ4v) is 2.33. The van der Waals surface area contributed by atoms with Crippen LogP contribution in [0.3, 0.4) is 0 Å². The molecule has 0 spiro atoms. The Hall–Kier alpha value is -0.770. The van der Waals surface area contributed by atoms with Crippen LogP contribution in [0.2, 0.25) is 0 Å². The van der Waals surface area contributed by atoms with Crippen molar-refractivity contribution in [2.24, 2.45) is 4.99 Å². The van der Waals surface area contributed by atoms with Crippen molar-refractivity contribution < 1.29 is 4.74 Å².